The summed E-state index contributed by atoms with van der Waals surface area (Å²) in [6, 6.07) is 17.5. The van der Waals surface area contributed by atoms with Crippen LogP contribution in [0.15, 0.2) is 67.3 Å². The molecule has 0 radical (unpaired) electrons. The summed E-state index contributed by atoms with van der Waals surface area (Å²) in [5, 5.41) is 1.55. The van der Waals surface area contributed by atoms with Crippen LogP contribution < -0.4 is 4.74 Å². The molecule has 0 N–H and O–H groups in total. The van der Waals surface area contributed by atoms with Gasteiger partial charge in [0.05, 0.1) is 5.52 Å². The number of para-hydroxylation sites is 1. The molecule has 0 aliphatic rings. The van der Waals surface area contributed by atoms with Crippen LogP contribution in [0.1, 0.15) is 5.56 Å². The normalized spacial score (nSPS) is 10.5. The molecule has 3 aromatic rings. The molecule has 104 valence electrons. The Balaban J connectivity index is 1.96. The maximum absolute atomic E-state index is 6.19. The highest BCUT2D eigenvalue weighted by atomic mass is 35.5. The van der Waals surface area contributed by atoms with Gasteiger partial charge in [-0.25, -0.2) is 4.98 Å². The van der Waals surface area contributed by atoms with Crippen LogP contribution in [0.25, 0.3) is 10.9 Å². The number of benzene rings is 2. The van der Waals surface area contributed by atoms with Crippen LogP contribution in [0, 0.1) is 0 Å². The Labute approximate surface area is 128 Å². The van der Waals surface area contributed by atoms with Crippen molar-refractivity contribution in [3.05, 3.63) is 78.0 Å². The SMILES string of the molecule is C=CCc1cc2ccc(Oc3ccccc3)cc2nc1Cl. The molecule has 0 amide bonds. The molecule has 0 bridgehead atoms. The summed E-state index contributed by atoms with van der Waals surface area (Å²) in [5.74, 6) is 1.54. The maximum atomic E-state index is 6.19. The second kappa shape index (κ2) is 5.98. The van der Waals surface area contributed by atoms with Gasteiger partial charge in [-0.2, -0.15) is 0 Å². The van der Waals surface area contributed by atoms with E-state index in [1.165, 1.54) is 0 Å². The minimum atomic E-state index is 0.513. The number of hydrogen-bond acceptors (Lipinski definition) is 2. The van der Waals surface area contributed by atoms with E-state index in [0.717, 1.165) is 28.0 Å². The van der Waals surface area contributed by atoms with E-state index in [9.17, 15) is 0 Å². The van der Waals surface area contributed by atoms with Crippen LogP contribution in [-0.4, -0.2) is 4.98 Å². The van der Waals surface area contributed by atoms with E-state index in [0.29, 0.717) is 11.6 Å². The molecule has 0 fully saturated rings. The van der Waals surface area contributed by atoms with Gasteiger partial charge in [-0.3, -0.25) is 0 Å². The van der Waals surface area contributed by atoms with E-state index in [1.807, 2.05) is 60.7 Å². The summed E-state index contributed by atoms with van der Waals surface area (Å²) in [6.07, 6.45) is 2.53. The quantitative estimate of drug-likeness (QED) is 0.474. The number of pyridine rings is 1. The second-order valence-electron chi connectivity index (χ2n) is 4.70. The standard InChI is InChI=1S/C18H14ClNO/c1-2-6-14-11-13-9-10-16(12-17(13)20-18(14)19)21-15-7-4-3-5-8-15/h2-5,7-12H,1,6H2. The minimum Gasteiger partial charge on any atom is -0.457 e. The molecular formula is C18H14ClNO. The third-order valence-electron chi connectivity index (χ3n) is 3.16. The molecule has 0 spiro atoms. The lowest BCUT2D eigenvalue weighted by Gasteiger charge is -2.08. The van der Waals surface area contributed by atoms with E-state index >= 15 is 0 Å². The van der Waals surface area contributed by atoms with Gasteiger partial charge in [0.15, 0.2) is 0 Å². The first-order valence-electron chi connectivity index (χ1n) is 6.69. The molecule has 0 saturated carbocycles. The van der Waals surface area contributed by atoms with Crippen molar-refractivity contribution in [1.29, 1.82) is 0 Å². The average molecular weight is 296 g/mol. The van der Waals surface area contributed by atoms with Gasteiger partial charge < -0.3 is 4.74 Å². The van der Waals surface area contributed by atoms with Crippen molar-refractivity contribution in [2.24, 2.45) is 0 Å². The molecule has 0 atom stereocenters. The predicted octanol–water partition coefficient (Wildman–Crippen LogP) is 5.41. The topological polar surface area (TPSA) is 22.1 Å². The molecule has 21 heavy (non-hydrogen) atoms. The monoisotopic (exact) mass is 295 g/mol. The Morgan fingerprint density at radius 2 is 1.86 bits per heavy atom. The number of nitrogens with zero attached hydrogens (tertiary/aromatic N) is 1. The van der Waals surface area contributed by atoms with Crippen LogP contribution in [0.4, 0.5) is 0 Å². The highest BCUT2D eigenvalue weighted by molar-refractivity contribution is 6.30. The number of rotatable bonds is 4. The first kappa shape index (κ1) is 13.7. The number of ether oxygens (including phenoxy) is 1. The molecule has 2 aromatic carbocycles. The highest BCUT2D eigenvalue weighted by Crippen LogP contribution is 2.27. The van der Waals surface area contributed by atoms with E-state index in [-0.39, 0.29) is 0 Å². The lowest BCUT2D eigenvalue weighted by molar-refractivity contribution is 0.483. The molecule has 2 nitrogen and oxygen atoms in total. The largest absolute Gasteiger partial charge is 0.457 e. The summed E-state index contributed by atoms with van der Waals surface area (Å²) in [7, 11) is 0. The molecule has 1 aromatic heterocycles. The van der Waals surface area contributed by atoms with Crippen molar-refractivity contribution in [3.8, 4) is 11.5 Å². The van der Waals surface area contributed by atoms with E-state index < -0.39 is 0 Å². The number of halogens is 1. The molecule has 3 heteroatoms. The fraction of sp³-hybridized carbons (Fsp3) is 0.0556. The molecule has 0 saturated heterocycles. The van der Waals surface area contributed by atoms with Crippen LogP contribution in [0.2, 0.25) is 5.15 Å². The molecular weight excluding hydrogens is 282 g/mol. The predicted molar refractivity (Wildman–Crippen MR) is 87.2 cm³/mol. The second-order valence-corrected chi connectivity index (χ2v) is 5.06. The molecule has 0 unspecified atom stereocenters. The first-order chi connectivity index (χ1) is 10.3. The van der Waals surface area contributed by atoms with Gasteiger partial charge in [0.25, 0.3) is 0 Å². The van der Waals surface area contributed by atoms with Crippen LogP contribution in [0.3, 0.4) is 0 Å². The lowest BCUT2D eigenvalue weighted by Crippen LogP contribution is -1.90. The third kappa shape index (κ3) is 3.06. The number of aromatic nitrogens is 1. The first-order valence-corrected chi connectivity index (χ1v) is 7.07. The van der Waals surface area contributed by atoms with Gasteiger partial charge in [0.2, 0.25) is 0 Å². The number of fused-ring (bicyclic) bond motifs is 1. The van der Waals surface area contributed by atoms with E-state index in [4.69, 9.17) is 16.3 Å². The highest BCUT2D eigenvalue weighted by Gasteiger charge is 2.05. The zero-order valence-electron chi connectivity index (χ0n) is 11.4. The van der Waals surface area contributed by atoms with Crippen molar-refractivity contribution >= 4 is 22.5 Å². The van der Waals surface area contributed by atoms with Gasteiger partial charge >= 0.3 is 0 Å². The smallest absolute Gasteiger partial charge is 0.133 e. The number of allylic oxidation sites excluding steroid dienone is 1. The van der Waals surface area contributed by atoms with Crippen LogP contribution in [0.5, 0.6) is 11.5 Å². The van der Waals surface area contributed by atoms with E-state index in [1.54, 1.807) is 0 Å². The van der Waals surface area contributed by atoms with Gasteiger partial charge in [-0.1, -0.05) is 35.9 Å². The fourth-order valence-electron chi connectivity index (χ4n) is 2.15. The van der Waals surface area contributed by atoms with Crippen molar-refractivity contribution in [2.75, 3.05) is 0 Å². The molecule has 3 rings (SSSR count). The molecule has 1 heterocycles. The van der Waals surface area contributed by atoms with Crippen molar-refractivity contribution in [2.45, 2.75) is 6.42 Å². The summed E-state index contributed by atoms with van der Waals surface area (Å²) in [5.41, 5.74) is 1.80. The molecule has 0 aliphatic carbocycles. The van der Waals surface area contributed by atoms with Gasteiger partial charge in [-0.15, -0.1) is 6.58 Å². The van der Waals surface area contributed by atoms with Crippen molar-refractivity contribution in [3.63, 3.8) is 0 Å². The average Bonchev–Trinajstić information content (AvgIpc) is 2.49. The summed E-state index contributed by atoms with van der Waals surface area (Å²) in [4.78, 5) is 4.43. The van der Waals surface area contributed by atoms with Crippen molar-refractivity contribution in [1.82, 2.24) is 4.98 Å². The summed E-state index contributed by atoms with van der Waals surface area (Å²) in [6.45, 7) is 3.73. The van der Waals surface area contributed by atoms with Crippen molar-refractivity contribution < 1.29 is 4.74 Å². The maximum Gasteiger partial charge on any atom is 0.133 e. The van der Waals surface area contributed by atoms with Gasteiger partial charge in [0, 0.05) is 11.5 Å². The Hall–Kier alpha value is -2.32. The Morgan fingerprint density at radius 1 is 1.05 bits per heavy atom. The Bertz CT molecular complexity index is 784. The zero-order chi connectivity index (χ0) is 14.7. The van der Waals surface area contributed by atoms with Crippen LogP contribution in [-0.2, 0) is 6.42 Å². The van der Waals surface area contributed by atoms with Gasteiger partial charge in [-0.05, 0) is 42.3 Å². The fourth-order valence-corrected chi connectivity index (χ4v) is 2.38. The minimum absolute atomic E-state index is 0.513. The van der Waals surface area contributed by atoms with E-state index in [2.05, 4.69) is 11.6 Å². The number of hydrogen-bond donors (Lipinski definition) is 0. The zero-order valence-corrected chi connectivity index (χ0v) is 12.2. The Morgan fingerprint density at radius 3 is 2.62 bits per heavy atom. The van der Waals surface area contributed by atoms with Crippen LogP contribution >= 0.6 is 11.6 Å². The summed E-state index contributed by atoms with van der Waals surface area (Å²) >= 11 is 6.19. The molecule has 0 aliphatic heterocycles. The lowest BCUT2D eigenvalue weighted by atomic mass is 10.1. The Kier molecular flexibility index (Phi) is 3.89. The third-order valence-corrected chi connectivity index (χ3v) is 3.49. The van der Waals surface area contributed by atoms with Gasteiger partial charge in [0.1, 0.15) is 16.7 Å². The summed E-state index contributed by atoms with van der Waals surface area (Å²) < 4.78 is 5.80.